The van der Waals surface area contributed by atoms with E-state index in [1.807, 2.05) is 12.1 Å². The number of fused-ring (bicyclic) bond motifs is 1. The molecule has 0 saturated carbocycles. The Balaban J connectivity index is 2.70. The molecular weight excluding hydrogens is 186 g/mol. The van der Waals surface area contributed by atoms with Gasteiger partial charge in [-0.25, -0.2) is 0 Å². The van der Waals surface area contributed by atoms with Gasteiger partial charge in [-0.2, -0.15) is 0 Å². The molecule has 2 aromatic rings. The van der Waals surface area contributed by atoms with E-state index in [1.54, 1.807) is 6.07 Å². The summed E-state index contributed by atoms with van der Waals surface area (Å²) in [4.78, 5) is 14.0. The number of H-pyrrole nitrogens is 1. The number of benzene rings is 1. The van der Waals surface area contributed by atoms with E-state index in [-0.39, 0.29) is 11.0 Å². The molecule has 1 aromatic carbocycles. The molecule has 0 saturated heterocycles. The second-order valence-electron chi connectivity index (χ2n) is 4.87. The number of rotatable bonds is 0. The first kappa shape index (κ1) is 9.97. The van der Waals surface area contributed by atoms with Crippen LogP contribution in [0.15, 0.2) is 35.1 Å². The zero-order valence-electron chi connectivity index (χ0n) is 9.29. The fraction of sp³-hybridized carbons (Fsp3) is 0.308. The Kier molecular flexibility index (Phi) is 2.14. The minimum absolute atomic E-state index is 0.0476. The molecule has 0 amide bonds. The summed E-state index contributed by atoms with van der Waals surface area (Å²) >= 11 is 0. The highest BCUT2D eigenvalue weighted by atomic mass is 16.1. The van der Waals surface area contributed by atoms with Crippen LogP contribution in [0, 0.1) is 0 Å². The third-order valence-electron chi connectivity index (χ3n) is 2.59. The van der Waals surface area contributed by atoms with Crippen LogP contribution in [0.2, 0.25) is 0 Å². The summed E-state index contributed by atoms with van der Waals surface area (Å²) in [5.41, 5.74) is 2.21. The molecule has 0 radical (unpaired) electrons. The maximum Gasteiger partial charge on any atom is 0.248 e. The van der Waals surface area contributed by atoms with Crippen LogP contribution in [0.25, 0.3) is 10.9 Å². The van der Waals surface area contributed by atoms with Crippen LogP contribution in [-0.4, -0.2) is 4.98 Å². The van der Waals surface area contributed by atoms with Crippen LogP contribution < -0.4 is 5.56 Å². The van der Waals surface area contributed by atoms with E-state index in [0.717, 1.165) is 10.9 Å². The van der Waals surface area contributed by atoms with Gasteiger partial charge in [-0.15, -0.1) is 0 Å². The van der Waals surface area contributed by atoms with Crippen molar-refractivity contribution in [1.29, 1.82) is 0 Å². The lowest BCUT2D eigenvalue weighted by Crippen LogP contribution is -2.11. The van der Waals surface area contributed by atoms with Crippen molar-refractivity contribution in [2.24, 2.45) is 0 Å². The van der Waals surface area contributed by atoms with Gasteiger partial charge in [0.1, 0.15) is 0 Å². The quantitative estimate of drug-likeness (QED) is 0.698. The van der Waals surface area contributed by atoms with E-state index in [1.165, 1.54) is 5.56 Å². The van der Waals surface area contributed by atoms with E-state index in [9.17, 15) is 4.79 Å². The van der Waals surface area contributed by atoms with Gasteiger partial charge < -0.3 is 4.98 Å². The summed E-state index contributed by atoms with van der Waals surface area (Å²) < 4.78 is 0. The second-order valence-corrected chi connectivity index (χ2v) is 4.87. The lowest BCUT2D eigenvalue weighted by atomic mass is 9.86. The molecule has 78 valence electrons. The van der Waals surface area contributed by atoms with Crippen molar-refractivity contribution >= 4 is 10.9 Å². The number of nitrogens with one attached hydrogen (secondary N) is 1. The largest absolute Gasteiger partial charge is 0.322 e. The Bertz CT molecular complexity index is 546. The van der Waals surface area contributed by atoms with Crippen molar-refractivity contribution < 1.29 is 0 Å². The van der Waals surface area contributed by atoms with Gasteiger partial charge in [0.05, 0.1) is 0 Å². The molecule has 1 aromatic heterocycles. The smallest absolute Gasteiger partial charge is 0.248 e. The maximum atomic E-state index is 11.2. The average molecular weight is 201 g/mol. The molecule has 0 atom stereocenters. The molecule has 0 fully saturated rings. The van der Waals surface area contributed by atoms with Gasteiger partial charge >= 0.3 is 0 Å². The summed E-state index contributed by atoms with van der Waals surface area (Å²) in [6.07, 6.45) is 0. The summed E-state index contributed by atoms with van der Waals surface area (Å²) in [5.74, 6) is 0. The van der Waals surface area contributed by atoms with Crippen LogP contribution in [-0.2, 0) is 5.41 Å². The molecule has 0 bridgehead atoms. The van der Waals surface area contributed by atoms with Gasteiger partial charge in [-0.3, -0.25) is 4.79 Å². The van der Waals surface area contributed by atoms with Crippen molar-refractivity contribution in [3.8, 4) is 0 Å². The minimum atomic E-state index is -0.0476. The average Bonchev–Trinajstić information content (AvgIpc) is 2.15. The number of aromatic nitrogens is 1. The summed E-state index contributed by atoms with van der Waals surface area (Å²) in [6.45, 7) is 6.49. The predicted octanol–water partition coefficient (Wildman–Crippen LogP) is 2.83. The van der Waals surface area contributed by atoms with Crippen molar-refractivity contribution in [2.45, 2.75) is 26.2 Å². The molecule has 0 aliphatic carbocycles. The Labute approximate surface area is 89.0 Å². The predicted molar refractivity (Wildman–Crippen MR) is 63.3 cm³/mol. The second kappa shape index (κ2) is 3.23. The standard InChI is InChI=1S/C13H15NO/c1-13(2,3)10-6-4-9-5-7-12(15)14-11(9)8-10/h4-8H,1-3H3,(H,14,15). The Morgan fingerprint density at radius 3 is 2.40 bits per heavy atom. The number of hydrogen-bond donors (Lipinski definition) is 1. The first-order valence-electron chi connectivity index (χ1n) is 5.10. The number of aromatic amines is 1. The van der Waals surface area contributed by atoms with Gasteiger partial charge in [-0.1, -0.05) is 32.9 Å². The first-order chi connectivity index (χ1) is 6.97. The molecule has 1 heterocycles. The Morgan fingerprint density at radius 2 is 1.73 bits per heavy atom. The highest BCUT2D eigenvalue weighted by Gasteiger charge is 2.13. The molecule has 0 aliphatic rings. The lowest BCUT2D eigenvalue weighted by Gasteiger charge is -2.19. The van der Waals surface area contributed by atoms with E-state index in [0.29, 0.717) is 0 Å². The molecule has 1 N–H and O–H groups in total. The minimum Gasteiger partial charge on any atom is -0.322 e. The van der Waals surface area contributed by atoms with E-state index < -0.39 is 0 Å². The molecule has 0 spiro atoms. The highest BCUT2D eigenvalue weighted by Crippen LogP contribution is 2.24. The zero-order chi connectivity index (χ0) is 11.1. The topological polar surface area (TPSA) is 32.9 Å². The van der Waals surface area contributed by atoms with Crippen molar-refractivity contribution in [1.82, 2.24) is 4.98 Å². The normalized spacial score (nSPS) is 11.9. The molecule has 2 heteroatoms. The van der Waals surface area contributed by atoms with E-state index >= 15 is 0 Å². The fourth-order valence-electron chi connectivity index (χ4n) is 1.62. The van der Waals surface area contributed by atoms with Gasteiger partial charge in [0.15, 0.2) is 0 Å². The summed E-state index contributed by atoms with van der Waals surface area (Å²) in [6, 6.07) is 9.61. The molecule has 2 nitrogen and oxygen atoms in total. The number of hydrogen-bond acceptors (Lipinski definition) is 1. The van der Waals surface area contributed by atoms with Gasteiger partial charge in [0.2, 0.25) is 5.56 Å². The highest BCUT2D eigenvalue weighted by molar-refractivity contribution is 5.79. The van der Waals surface area contributed by atoms with Crippen LogP contribution in [0.5, 0.6) is 0 Å². The van der Waals surface area contributed by atoms with E-state index in [2.05, 4.69) is 37.9 Å². The molecule has 2 rings (SSSR count). The van der Waals surface area contributed by atoms with Gasteiger partial charge in [0, 0.05) is 11.6 Å². The van der Waals surface area contributed by atoms with Crippen molar-refractivity contribution in [2.75, 3.05) is 0 Å². The van der Waals surface area contributed by atoms with Gasteiger partial charge in [-0.05, 0) is 28.5 Å². The van der Waals surface area contributed by atoms with Crippen LogP contribution in [0.3, 0.4) is 0 Å². The Hall–Kier alpha value is -1.57. The van der Waals surface area contributed by atoms with Crippen LogP contribution in [0.4, 0.5) is 0 Å². The zero-order valence-corrected chi connectivity index (χ0v) is 9.29. The maximum absolute atomic E-state index is 11.2. The molecule has 0 unspecified atom stereocenters. The Morgan fingerprint density at radius 1 is 1.07 bits per heavy atom. The lowest BCUT2D eigenvalue weighted by molar-refractivity contribution is 0.591. The fourth-order valence-corrected chi connectivity index (χ4v) is 1.62. The van der Waals surface area contributed by atoms with E-state index in [4.69, 9.17) is 0 Å². The van der Waals surface area contributed by atoms with Crippen molar-refractivity contribution in [3.63, 3.8) is 0 Å². The summed E-state index contributed by atoms with van der Waals surface area (Å²) in [5, 5.41) is 1.07. The number of pyridine rings is 1. The third-order valence-corrected chi connectivity index (χ3v) is 2.59. The van der Waals surface area contributed by atoms with Crippen LogP contribution in [0.1, 0.15) is 26.3 Å². The molecule has 0 aliphatic heterocycles. The first-order valence-corrected chi connectivity index (χ1v) is 5.10. The third kappa shape index (κ3) is 1.94. The van der Waals surface area contributed by atoms with Gasteiger partial charge in [0.25, 0.3) is 0 Å². The summed E-state index contributed by atoms with van der Waals surface area (Å²) in [7, 11) is 0. The molecular formula is C13H15NO. The van der Waals surface area contributed by atoms with Crippen molar-refractivity contribution in [3.05, 3.63) is 46.2 Å². The SMILES string of the molecule is CC(C)(C)c1ccc2ccc(=O)[nH]c2c1. The monoisotopic (exact) mass is 201 g/mol. The molecule has 15 heavy (non-hydrogen) atoms. The van der Waals surface area contributed by atoms with Crippen LogP contribution >= 0.6 is 0 Å².